The molecule has 2 aromatic rings. The highest BCUT2D eigenvalue weighted by Crippen LogP contribution is 2.33. The molecule has 0 aromatic heterocycles. The molecule has 0 aliphatic rings. The van der Waals surface area contributed by atoms with Crippen LogP contribution in [0.1, 0.15) is 11.1 Å². The Labute approximate surface area is 150 Å². The number of thiocarbonyl (C=S) groups is 1. The first kappa shape index (κ1) is 17.5. The van der Waals surface area contributed by atoms with E-state index in [-0.39, 0.29) is 0 Å². The topological polar surface area (TPSA) is 45.6 Å². The van der Waals surface area contributed by atoms with E-state index in [2.05, 4.69) is 15.8 Å². The van der Waals surface area contributed by atoms with Gasteiger partial charge in [0, 0.05) is 6.54 Å². The summed E-state index contributed by atoms with van der Waals surface area (Å²) in [7, 11) is 1.51. The second-order valence-electron chi connectivity index (χ2n) is 4.56. The summed E-state index contributed by atoms with van der Waals surface area (Å²) in [5.41, 5.74) is 4.61. The number of nitrogens with one attached hydrogen (secondary N) is 2. The van der Waals surface area contributed by atoms with E-state index in [0.717, 1.165) is 11.1 Å². The molecule has 120 valence electrons. The van der Waals surface area contributed by atoms with E-state index in [1.807, 2.05) is 30.3 Å². The van der Waals surface area contributed by atoms with Gasteiger partial charge in [-0.25, -0.2) is 0 Å². The van der Waals surface area contributed by atoms with Crippen LogP contribution in [0.4, 0.5) is 0 Å². The number of methoxy groups -OCH3 is 1. The van der Waals surface area contributed by atoms with Gasteiger partial charge in [-0.15, -0.1) is 0 Å². The van der Waals surface area contributed by atoms with Gasteiger partial charge in [0.25, 0.3) is 0 Å². The molecule has 0 saturated carbocycles. The second kappa shape index (κ2) is 8.72. The van der Waals surface area contributed by atoms with E-state index in [1.54, 1.807) is 18.3 Å². The van der Waals surface area contributed by atoms with Crippen molar-refractivity contribution >= 4 is 46.7 Å². The highest BCUT2D eigenvalue weighted by molar-refractivity contribution is 7.80. The van der Waals surface area contributed by atoms with E-state index in [0.29, 0.717) is 27.5 Å². The first-order valence-corrected chi connectivity index (χ1v) is 7.90. The quantitative estimate of drug-likeness (QED) is 0.476. The zero-order valence-electron chi connectivity index (χ0n) is 12.3. The Bertz CT molecular complexity index is 685. The summed E-state index contributed by atoms with van der Waals surface area (Å²) in [6.07, 6.45) is 1.58. The van der Waals surface area contributed by atoms with Gasteiger partial charge in [0.2, 0.25) is 0 Å². The molecule has 7 heteroatoms. The van der Waals surface area contributed by atoms with Crippen LogP contribution in [-0.2, 0) is 6.54 Å². The standard InChI is InChI=1S/C16H15Cl2N3OS/c1-22-15-13(17)7-12(8-14(15)18)10-20-21-16(23)19-9-11-5-3-2-4-6-11/h2-8,10H,9H2,1H3,(H2,19,21,23)/b20-10-. The number of benzene rings is 2. The summed E-state index contributed by atoms with van der Waals surface area (Å²) in [6.45, 7) is 0.627. The summed E-state index contributed by atoms with van der Waals surface area (Å²) in [5, 5.41) is 8.39. The molecule has 2 rings (SSSR count). The van der Waals surface area contributed by atoms with Gasteiger partial charge in [-0.2, -0.15) is 5.10 Å². The van der Waals surface area contributed by atoms with Gasteiger partial charge in [0.1, 0.15) is 0 Å². The van der Waals surface area contributed by atoms with Crippen molar-refractivity contribution in [1.29, 1.82) is 0 Å². The molecule has 0 heterocycles. The zero-order chi connectivity index (χ0) is 16.7. The van der Waals surface area contributed by atoms with Crippen LogP contribution in [0.5, 0.6) is 5.75 Å². The molecule has 2 N–H and O–H groups in total. The van der Waals surface area contributed by atoms with Crippen LogP contribution >= 0.6 is 35.4 Å². The van der Waals surface area contributed by atoms with E-state index in [1.165, 1.54) is 7.11 Å². The monoisotopic (exact) mass is 367 g/mol. The summed E-state index contributed by atoms with van der Waals surface area (Å²) in [5.74, 6) is 0.443. The van der Waals surface area contributed by atoms with Gasteiger partial charge in [0.05, 0.1) is 23.4 Å². The molecule has 23 heavy (non-hydrogen) atoms. The van der Waals surface area contributed by atoms with Crippen LogP contribution in [0.2, 0.25) is 10.0 Å². The van der Waals surface area contributed by atoms with E-state index in [9.17, 15) is 0 Å². The Hall–Kier alpha value is -1.82. The molecule has 0 saturated heterocycles. The predicted molar refractivity (Wildman–Crippen MR) is 99.6 cm³/mol. The Morgan fingerprint density at radius 3 is 2.48 bits per heavy atom. The fourth-order valence-electron chi connectivity index (χ4n) is 1.83. The second-order valence-corrected chi connectivity index (χ2v) is 5.78. The lowest BCUT2D eigenvalue weighted by Crippen LogP contribution is -2.31. The van der Waals surface area contributed by atoms with Gasteiger partial charge >= 0.3 is 0 Å². The highest BCUT2D eigenvalue weighted by Gasteiger charge is 2.07. The van der Waals surface area contributed by atoms with Crippen molar-refractivity contribution in [3.05, 3.63) is 63.6 Å². The third-order valence-electron chi connectivity index (χ3n) is 2.90. The Morgan fingerprint density at radius 1 is 1.22 bits per heavy atom. The fourth-order valence-corrected chi connectivity index (χ4v) is 2.62. The average molecular weight is 368 g/mol. The van der Waals surface area contributed by atoms with Crippen LogP contribution in [0, 0.1) is 0 Å². The minimum atomic E-state index is 0.422. The molecule has 0 aliphatic carbocycles. The largest absolute Gasteiger partial charge is 0.494 e. The van der Waals surface area contributed by atoms with Crippen molar-refractivity contribution in [2.24, 2.45) is 5.10 Å². The number of halogens is 2. The maximum Gasteiger partial charge on any atom is 0.187 e. The number of nitrogens with zero attached hydrogens (tertiary/aromatic N) is 1. The van der Waals surface area contributed by atoms with Crippen molar-refractivity contribution in [1.82, 2.24) is 10.7 Å². The van der Waals surface area contributed by atoms with Crippen molar-refractivity contribution in [2.75, 3.05) is 7.11 Å². The lowest BCUT2D eigenvalue weighted by molar-refractivity contribution is 0.415. The molecule has 4 nitrogen and oxygen atoms in total. The first-order chi connectivity index (χ1) is 11.1. The van der Waals surface area contributed by atoms with Crippen LogP contribution in [0.3, 0.4) is 0 Å². The third kappa shape index (κ3) is 5.39. The smallest absolute Gasteiger partial charge is 0.187 e. The normalized spacial score (nSPS) is 10.6. The number of rotatable bonds is 5. The Balaban J connectivity index is 1.87. The van der Waals surface area contributed by atoms with Gasteiger partial charge in [-0.05, 0) is 35.5 Å². The number of hydrogen-bond donors (Lipinski definition) is 2. The zero-order valence-corrected chi connectivity index (χ0v) is 14.7. The Morgan fingerprint density at radius 2 is 1.87 bits per heavy atom. The molecular weight excluding hydrogens is 353 g/mol. The average Bonchev–Trinajstić information content (AvgIpc) is 2.54. The summed E-state index contributed by atoms with van der Waals surface area (Å²) in [4.78, 5) is 0. The summed E-state index contributed by atoms with van der Waals surface area (Å²) in [6, 6.07) is 13.4. The van der Waals surface area contributed by atoms with E-state index in [4.69, 9.17) is 40.2 Å². The van der Waals surface area contributed by atoms with Crippen molar-refractivity contribution in [3.63, 3.8) is 0 Å². The molecule has 0 fully saturated rings. The molecule has 0 radical (unpaired) electrons. The van der Waals surface area contributed by atoms with Crippen LogP contribution in [0.15, 0.2) is 47.6 Å². The number of ether oxygens (including phenoxy) is 1. The molecule has 0 atom stereocenters. The van der Waals surface area contributed by atoms with Crippen molar-refractivity contribution in [2.45, 2.75) is 6.54 Å². The SMILES string of the molecule is COc1c(Cl)cc(/C=N\NC(=S)NCc2ccccc2)cc1Cl. The van der Waals surface area contributed by atoms with Crippen LogP contribution in [0.25, 0.3) is 0 Å². The molecule has 0 unspecified atom stereocenters. The molecule has 2 aromatic carbocycles. The maximum atomic E-state index is 6.06. The van der Waals surface area contributed by atoms with Crippen LogP contribution in [-0.4, -0.2) is 18.4 Å². The van der Waals surface area contributed by atoms with Gasteiger partial charge in [0.15, 0.2) is 10.9 Å². The highest BCUT2D eigenvalue weighted by atomic mass is 35.5. The van der Waals surface area contributed by atoms with Crippen LogP contribution < -0.4 is 15.5 Å². The number of hydrogen-bond acceptors (Lipinski definition) is 3. The summed E-state index contributed by atoms with van der Waals surface area (Å²) >= 11 is 17.3. The molecule has 0 amide bonds. The van der Waals surface area contributed by atoms with Gasteiger partial charge in [-0.3, -0.25) is 5.43 Å². The minimum Gasteiger partial charge on any atom is -0.494 e. The molecule has 0 aliphatic heterocycles. The minimum absolute atomic E-state index is 0.422. The molecule has 0 bridgehead atoms. The first-order valence-electron chi connectivity index (χ1n) is 6.74. The van der Waals surface area contributed by atoms with E-state index >= 15 is 0 Å². The van der Waals surface area contributed by atoms with Crippen molar-refractivity contribution < 1.29 is 4.74 Å². The lowest BCUT2D eigenvalue weighted by atomic mass is 10.2. The fraction of sp³-hybridized carbons (Fsp3) is 0.125. The lowest BCUT2D eigenvalue weighted by Gasteiger charge is -2.07. The van der Waals surface area contributed by atoms with Crippen molar-refractivity contribution in [3.8, 4) is 5.75 Å². The maximum absolute atomic E-state index is 6.06. The third-order valence-corrected chi connectivity index (χ3v) is 3.70. The van der Waals surface area contributed by atoms with E-state index < -0.39 is 0 Å². The Kier molecular flexibility index (Phi) is 6.65. The number of hydrazone groups is 1. The molecular formula is C16H15Cl2N3OS. The predicted octanol–water partition coefficient (Wildman–Crippen LogP) is 4.00. The molecule has 0 spiro atoms. The van der Waals surface area contributed by atoms with Gasteiger partial charge < -0.3 is 10.1 Å². The van der Waals surface area contributed by atoms with Gasteiger partial charge in [-0.1, -0.05) is 53.5 Å². The summed E-state index contributed by atoms with van der Waals surface area (Å²) < 4.78 is 5.09.